The van der Waals surface area contributed by atoms with Gasteiger partial charge in [0.1, 0.15) is 0 Å². The van der Waals surface area contributed by atoms with E-state index in [1.54, 1.807) is 7.11 Å². The lowest BCUT2D eigenvalue weighted by molar-refractivity contribution is 0.0179. The van der Waals surface area contributed by atoms with E-state index in [4.69, 9.17) is 9.47 Å². The lowest BCUT2D eigenvalue weighted by Gasteiger charge is -2.37. The topological polar surface area (TPSA) is 41.9 Å². The van der Waals surface area contributed by atoms with Gasteiger partial charge in [-0.25, -0.2) is 0 Å². The van der Waals surface area contributed by atoms with E-state index in [9.17, 15) is 5.11 Å². The highest BCUT2D eigenvalue weighted by molar-refractivity contribution is 4.90. The molecule has 1 saturated carbocycles. The third kappa shape index (κ3) is 4.69. The van der Waals surface area contributed by atoms with E-state index in [1.165, 1.54) is 38.6 Å². The van der Waals surface area contributed by atoms with Gasteiger partial charge in [0.15, 0.2) is 0 Å². The van der Waals surface area contributed by atoms with Crippen molar-refractivity contribution in [1.29, 1.82) is 0 Å². The van der Waals surface area contributed by atoms with Gasteiger partial charge >= 0.3 is 0 Å². The summed E-state index contributed by atoms with van der Waals surface area (Å²) in [5.74, 6) is 0.514. The standard InChI is InChI=1S/C16H31NO3/c1-19-12-13-20-11-5-10-17-9-4-7-15(17)14-6-2-3-8-16(14)18/h14-16,18H,2-13H2,1H3. The number of hydrogen-bond donors (Lipinski definition) is 1. The zero-order chi connectivity index (χ0) is 14.2. The molecular weight excluding hydrogens is 254 g/mol. The van der Waals surface area contributed by atoms with Crippen LogP contribution in [0.1, 0.15) is 44.9 Å². The minimum atomic E-state index is -0.0627. The summed E-state index contributed by atoms with van der Waals surface area (Å²) in [5.41, 5.74) is 0. The van der Waals surface area contributed by atoms with Gasteiger partial charge in [-0.2, -0.15) is 0 Å². The van der Waals surface area contributed by atoms with Crippen LogP contribution in [0.5, 0.6) is 0 Å². The highest BCUT2D eigenvalue weighted by Crippen LogP contribution is 2.34. The summed E-state index contributed by atoms with van der Waals surface area (Å²) in [6.45, 7) is 4.51. The van der Waals surface area contributed by atoms with Gasteiger partial charge in [0.25, 0.3) is 0 Å². The Labute approximate surface area is 123 Å². The van der Waals surface area contributed by atoms with E-state index in [2.05, 4.69) is 4.90 Å². The monoisotopic (exact) mass is 285 g/mol. The van der Waals surface area contributed by atoms with Gasteiger partial charge in [0.2, 0.25) is 0 Å². The Kier molecular flexibility index (Phi) is 7.28. The number of methoxy groups -OCH3 is 1. The van der Waals surface area contributed by atoms with Crippen LogP contribution in [-0.2, 0) is 9.47 Å². The Hall–Kier alpha value is -0.160. The van der Waals surface area contributed by atoms with Gasteiger partial charge < -0.3 is 14.6 Å². The van der Waals surface area contributed by atoms with E-state index in [-0.39, 0.29) is 6.10 Å². The molecule has 0 aromatic heterocycles. The zero-order valence-electron chi connectivity index (χ0n) is 12.9. The summed E-state index contributed by atoms with van der Waals surface area (Å²) in [6, 6.07) is 0.615. The van der Waals surface area contributed by atoms with Crippen LogP contribution in [0.3, 0.4) is 0 Å². The summed E-state index contributed by atoms with van der Waals surface area (Å²) < 4.78 is 10.5. The second-order valence-electron chi connectivity index (χ2n) is 6.22. The molecule has 4 nitrogen and oxygen atoms in total. The first-order valence-electron chi connectivity index (χ1n) is 8.31. The molecule has 20 heavy (non-hydrogen) atoms. The number of likely N-dealkylation sites (tertiary alicyclic amines) is 1. The van der Waals surface area contributed by atoms with Crippen molar-refractivity contribution >= 4 is 0 Å². The molecule has 3 atom stereocenters. The molecule has 1 N–H and O–H groups in total. The molecule has 0 aromatic carbocycles. The Morgan fingerprint density at radius 2 is 1.90 bits per heavy atom. The van der Waals surface area contributed by atoms with Crippen LogP contribution in [0, 0.1) is 5.92 Å². The predicted molar refractivity (Wildman–Crippen MR) is 79.9 cm³/mol. The number of aliphatic hydroxyl groups excluding tert-OH is 1. The Balaban J connectivity index is 1.67. The smallest absolute Gasteiger partial charge is 0.0700 e. The lowest BCUT2D eigenvalue weighted by Crippen LogP contribution is -2.43. The van der Waals surface area contributed by atoms with E-state index in [0.717, 1.165) is 26.0 Å². The fraction of sp³-hybridized carbons (Fsp3) is 1.00. The molecule has 0 spiro atoms. The van der Waals surface area contributed by atoms with Crippen LogP contribution < -0.4 is 0 Å². The van der Waals surface area contributed by atoms with Gasteiger partial charge in [-0.3, -0.25) is 4.90 Å². The normalized spacial score (nSPS) is 31.8. The molecule has 118 valence electrons. The van der Waals surface area contributed by atoms with Crippen molar-refractivity contribution in [3.05, 3.63) is 0 Å². The van der Waals surface area contributed by atoms with Crippen LogP contribution in [0.2, 0.25) is 0 Å². The van der Waals surface area contributed by atoms with Gasteiger partial charge in [-0.05, 0) is 38.6 Å². The van der Waals surface area contributed by atoms with Crippen molar-refractivity contribution in [3.63, 3.8) is 0 Å². The molecular formula is C16H31NO3. The highest BCUT2D eigenvalue weighted by atomic mass is 16.5. The Bertz CT molecular complexity index is 262. The molecule has 3 unspecified atom stereocenters. The van der Waals surface area contributed by atoms with Crippen LogP contribution in [0.4, 0.5) is 0 Å². The second kappa shape index (κ2) is 8.98. The predicted octanol–water partition coefficient (Wildman–Crippen LogP) is 2.06. The quantitative estimate of drug-likeness (QED) is 0.693. The fourth-order valence-electron chi connectivity index (χ4n) is 3.82. The van der Waals surface area contributed by atoms with Crippen LogP contribution >= 0.6 is 0 Å². The highest BCUT2D eigenvalue weighted by Gasteiger charge is 2.36. The average molecular weight is 285 g/mol. The maximum absolute atomic E-state index is 10.3. The third-order valence-electron chi connectivity index (χ3n) is 4.86. The minimum Gasteiger partial charge on any atom is -0.393 e. The molecule has 4 heteroatoms. The van der Waals surface area contributed by atoms with Crippen LogP contribution in [0.15, 0.2) is 0 Å². The number of nitrogens with zero attached hydrogens (tertiary/aromatic N) is 1. The molecule has 1 heterocycles. The van der Waals surface area contributed by atoms with E-state index in [0.29, 0.717) is 25.2 Å². The summed E-state index contributed by atoms with van der Waals surface area (Å²) >= 11 is 0. The average Bonchev–Trinajstić information content (AvgIpc) is 2.91. The largest absolute Gasteiger partial charge is 0.393 e. The lowest BCUT2D eigenvalue weighted by atomic mass is 9.80. The van der Waals surface area contributed by atoms with Crippen molar-refractivity contribution in [3.8, 4) is 0 Å². The van der Waals surface area contributed by atoms with Crippen molar-refractivity contribution in [1.82, 2.24) is 4.90 Å². The summed E-state index contributed by atoms with van der Waals surface area (Å²) in [5, 5.41) is 10.3. The molecule has 2 fully saturated rings. The number of aliphatic hydroxyl groups is 1. The molecule has 1 aliphatic heterocycles. The van der Waals surface area contributed by atoms with E-state index < -0.39 is 0 Å². The molecule has 0 bridgehead atoms. The first-order chi connectivity index (χ1) is 9.83. The molecule has 0 radical (unpaired) electrons. The van der Waals surface area contributed by atoms with E-state index in [1.807, 2.05) is 0 Å². The third-order valence-corrected chi connectivity index (χ3v) is 4.86. The maximum Gasteiger partial charge on any atom is 0.0700 e. The SMILES string of the molecule is COCCOCCCN1CCCC1C1CCCCC1O. The summed E-state index contributed by atoms with van der Waals surface area (Å²) in [6.07, 6.45) is 8.31. The zero-order valence-corrected chi connectivity index (χ0v) is 12.9. The second-order valence-corrected chi connectivity index (χ2v) is 6.22. The van der Waals surface area contributed by atoms with Crippen molar-refractivity contribution in [2.75, 3.05) is 40.0 Å². The minimum absolute atomic E-state index is 0.0627. The Morgan fingerprint density at radius 3 is 2.70 bits per heavy atom. The number of hydrogen-bond acceptors (Lipinski definition) is 4. The van der Waals surface area contributed by atoms with Gasteiger partial charge in [0, 0.05) is 32.2 Å². The Morgan fingerprint density at radius 1 is 1.05 bits per heavy atom. The summed E-state index contributed by atoms with van der Waals surface area (Å²) in [4.78, 5) is 2.60. The van der Waals surface area contributed by atoms with E-state index >= 15 is 0 Å². The van der Waals surface area contributed by atoms with Crippen molar-refractivity contribution in [2.24, 2.45) is 5.92 Å². The molecule has 0 amide bonds. The molecule has 2 aliphatic rings. The fourth-order valence-corrected chi connectivity index (χ4v) is 3.82. The molecule has 1 aliphatic carbocycles. The molecule has 2 rings (SSSR count). The first kappa shape index (κ1) is 16.2. The first-order valence-corrected chi connectivity index (χ1v) is 8.31. The molecule has 0 aromatic rings. The van der Waals surface area contributed by atoms with Gasteiger partial charge in [-0.1, -0.05) is 12.8 Å². The molecule has 1 saturated heterocycles. The van der Waals surface area contributed by atoms with Crippen LogP contribution in [0.25, 0.3) is 0 Å². The summed E-state index contributed by atoms with van der Waals surface area (Å²) in [7, 11) is 1.70. The van der Waals surface area contributed by atoms with Gasteiger partial charge in [-0.15, -0.1) is 0 Å². The van der Waals surface area contributed by atoms with Crippen LogP contribution in [-0.4, -0.2) is 62.2 Å². The van der Waals surface area contributed by atoms with Gasteiger partial charge in [0.05, 0.1) is 19.3 Å². The number of ether oxygens (including phenoxy) is 2. The number of rotatable bonds is 8. The van der Waals surface area contributed by atoms with Crippen molar-refractivity contribution in [2.45, 2.75) is 57.1 Å². The maximum atomic E-state index is 10.3. The van der Waals surface area contributed by atoms with Crippen molar-refractivity contribution < 1.29 is 14.6 Å².